The zero-order chi connectivity index (χ0) is 17.2. The monoisotopic (exact) mass is 395 g/mol. The van der Waals surface area contributed by atoms with E-state index < -0.39 is 11.9 Å². The minimum Gasteiger partial charge on any atom is -0.316 e. The number of nitrogens with zero attached hydrogens (tertiary/aromatic N) is 3. The third-order valence-electron chi connectivity index (χ3n) is 4.21. The molecule has 0 saturated carbocycles. The van der Waals surface area contributed by atoms with E-state index in [9.17, 15) is 13.2 Å². The summed E-state index contributed by atoms with van der Waals surface area (Å²) in [6, 6.07) is 1.10. The molecule has 2 aromatic rings. The number of aryl methyl sites for hydroxylation is 1. The highest BCUT2D eigenvalue weighted by molar-refractivity contribution is 7.09. The number of halogens is 4. The van der Waals surface area contributed by atoms with Gasteiger partial charge >= 0.3 is 6.18 Å². The van der Waals surface area contributed by atoms with Crippen molar-refractivity contribution in [2.75, 3.05) is 19.6 Å². The molecule has 1 saturated heterocycles. The van der Waals surface area contributed by atoms with Crippen LogP contribution in [0.5, 0.6) is 0 Å². The second-order valence-corrected chi connectivity index (χ2v) is 7.10. The van der Waals surface area contributed by atoms with E-state index in [1.54, 1.807) is 16.8 Å². The van der Waals surface area contributed by atoms with Crippen molar-refractivity contribution in [2.24, 2.45) is 5.92 Å². The molecule has 1 atom stereocenters. The van der Waals surface area contributed by atoms with Crippen molar-refractivity contribution in [1.29, 1.82) is 0 Å². The lowest BCUT2D eigenvalue weighted by molar-refractivity contribution is -0.141. The first-order valence-electron chi connectivity index (χ1n) is 7.85. The van der Waals surface area contributed by atoms with E-state index in [0.717, 1.165) is 42.7 Å². The van der Waals surface area contributed by atoms with Crippen molar-refractivity contribution < 1.29 is 13.2 Å². The Labute approximate surface area is 154 Å². The fourth-order valence-electron chi connectivity index (χ4n) is 2.93. The number of nitrogens with one attached hydrogen (secondary N) is 2. The van der Waals surface area contributed by atoms with Crippen LogP contribution in [-0.4, -0.2) is 39.7 Å². The lowest BCUT2D eigenvalue weighted by atomic mass is 10.1. The van der Waals surface area contributed by atoms with E-state index in [1.165, 1.54) is 0 Å². The van der Waals surface area contributed by atoms with Crippen LogP contribution < -0.4 is 5.32 Å². The summed E-state index contributed by atoms with van der Waals surface area (Å²) >= 11 is 1.58. The largest absolute Gasteiger partial charge is 0.435 e. The topological polar surface area (TPSA) is 56.8 Å². The molecule has 1 fully saturated rings. The van der Waals surface area contributed by atoms with E-state index in [1.807, 2.05) is 6.92 Å². The number of aromatic nitrogens is 3. The quantitative estimate of drug-likeness (QED) is 0.788. The van der Waals surface area contributed by atoms with Crippen LogP contribution in [0.25, 0.3) is 0 Å². The van der Waals surface area contributed by atoms with Gasteiger partial charge in [0.15, 0.2) is 5.69 Å². The molecule has 2 N–H and O–H groups in total. The van der Waals surface area contributed by atoms with Crippen molar-refractivity contribution in [2.45, 2.75) is 32.6 Å². The molecule has 0 amide bonds. The molecule has 2 aromatic heterocycles. The fraction of sp³-hybridized carbons (Fsp3) is 0.600. The van der Waals surface area contributed by atoms with E-state index >= 15 is 0 Å². The minimum atomic E-state index is -4.41. The molecule has 3 rings (SSSR count). The average Bonchev–Trinajstić information content (AvgIpc) is 3.22. The Kier molecular flexibility index (Phi) is 6.84. The summed E-state index contributed by atoms with van der Waals surface area (Å²) < 4.78 is 38.1. The summed E-state index contributed by atoms with van der Waals surface area (Å²) in [5.74, 6) is 0.517. The molecule has 0 spiro atoms. The number of H-pyrrole nitrogens is 1. The molecule has 25 heavy (non-hydrogen) atoms. The molecule has 140 valence electrons. The maximum atomic E-state index is 12.7. The molecule has 0 bridgehead atoms. The van der Waals surface area contributed by atoms with Gasteiger partial charge in [0, 0.05) is 30.2 Å². The van der Waals surface area contributed by atoms with Gasteiger partial charge in [0.25, 0.3) is 0 Å². The van der Waals surface area contributed by atoms with Crippen molar-refractivity contribution in [3.63, 3.8) is 0 Å². The summed E-state index contributed by atoms with van der Waals surface area (Å²) in [6.45, 7) is 5.85. The molecule has 1 unspecified atom stereocenters. The van der Waals surface area contributed by atoms with Crippen LogP contribution in [0.15, 0.2) is 11.6 Å². The Bertz CT molecular complexity index is 666. The van der Waals surface area contributed by atoms with Crippen LogP contribution in [0.3, 0.4) is 0 Å². The van der Waals surface area contributed by atoms with Crippen molar-refractivity contribution >= 4 is 23.7 Å². The number of hydrogen-bond acceptors (Lipinski definition) is 5. The van der Waals surface area contributed by atoms with Gasteiger partial charge in [-0.2, -0.15) is 18.3 Å². The van der Waals surface area contributed by atoms with Gasteiger partial charge in [-0.05, 0) is 38.4 Å². The third kappa shape index (κ3) is 5.40. The Balaban J connectivity index is 0.00000225. The van der Waals surface area contributed by atoms with Gasteiger partial charge in [-0.1, -0.05) is 0 Å². The van der Waals surface area contributed by atoms with Crippen molar-refractivity contribution in [3.8, 4) is 0 Å². The molecule has 1 aliphatic rings. The second-order valence-electron chi connectivity index (χ2n) is 6.17. The predicted octanol–water partition coefficient (Wildman–Crippen LogP) is 3.23. The van der Waals surface area contributed by atoms with Crippen LogP contribution in [0.4, 0.5) is 13.2 Å². The van der Waals surface area contributed by atoms with Gasteiger partial charge in [0.1, 0.15) is 0 Å². The van der Waals surface area contributed by atoms with Gasteiger partial charge in [0.2, 0.25) is 0 Å². The summed E-state index contributed by atoms with van der Waals surface area (Å²) in [5.41, 5.74) is 2.40. The molecular formula is C15H21ClF3N5S. The Morgan fingerprint density at radius 1 is 1.36 bits per heavy atom. The zero-order valence-electron chi connectivity index (χ0n) is 13.8. The van der Waals surface area contributed by atoms with Gasteiger partial charge in [-0.3, -0.25) is 10.00 Å². The smallest absolute Gasteiger partial charge is 0.316 e. The van der Waals surface area contributed by atoms with Gasteiger partial charge in [0.05, 0.1) is 11.2 Å². The van der Waals surface area contributed by atoms with E-state index in [-0.39, 0.29) is 12.4 Å². The number of hydrogen-bond donors (Lipinski definition) is 2. The molecule has 3 heterocycles. The third-order valence-corrected chi connectivity index (χ3v) is 5.13. The second kappa shape index (κ2) is 8.48. The summed E-state index contributed by atoms with van der Waals surface area (Å²) in [6.07, 6.45) is -3.32. The molecule has 10 heteroatoms. The lowest BCUT2D eigenvalue weighted by Crippen LogP contribution is -2.30. The number of aromatic amines is 1. The van der Waals surface area contributed by atoms with Gasteiger partial charge < -0.3 is 5.32 Å². The summed E-state index contributed by atoms with van der Waals surface area (Å²) in [5, 5.41) is 9.24. The van der Waals surface area contributed by atoms with Crippen LogP contribution in [-0.2, 0) is 19.3 Å². The number of rotatable bonds is 6. The van der Waals surface area contributed by atoms with Crippen LogP contribution in [0.2, 0.25) is 0 Å². The van der Waals surface area contributed by atoms with Gasteiger partial charge in [-0.15, -0.1) is 23.7 Å². The predicted molar refractivity (Wildman–Crippen MR) is 92.8 cm³/mol. The molecule has 0 radical (unpaired) electrons. The SMILES string of the molecule is Cc1ncsc1CN(Cc1cc(C(F)(F)F)n[nH]1)CC1CCNC1.Cl. The van der Waals surface area contributed by atoms with Crippen LogP contribution >= 0.6 is 23.7 Å². The number of alkyl halides is 3. The highest BCUT2D eigenvalue weighted by Gasteiger charge is 2.34. The van der Waals surface area contributed by atoms with E-state index in [2.05, 4.69) is 25.4 Å². The maximum Gasteiger partial charge on any atom is 0.435 e. The average molecular weight is 396 g/mol. The van der Waals surface area contributed by atoms with Gasteiger partial charge in [-0.25, -0.2) is 4.98 Å². The normalized spacial score (nSPS) is 17.9. The Hall–Kier alpha value is -1.16. The first kappa shape index (κ1) is 20.2. The van der Waals surface area contributed by atoms with E-state index in [0.29, 0.717) is 24.7 Å². The maximum absolute atomic E-state index is 12.7. The minimum absolute atomic E-state index is 0. The van der Waals surface area contributed by atoms with E-state index in [4.69, 9.17) is 0 Å². The molecule has 0 aromatic carbocycles. The molecule has 5 nitrogen and oxygen atoms in total. The van der Waals surface area contributed by atoms with Crippen molar-refractivity contribution in [1.82, 2.24) is 25.4 Å². The van der Waals surface area contributed by atoms with Crippen LogP contribution in [0.1, 0.15) is 28.4 Å². The standard InChI is InChI=1S/C15H20F3N5S.ClH/c1-10-13(24-9-20-10)8-23(6-11-2-3-19-5-11)7-12-4-14(22-21-12)15(16,17)18;/h4,9,11,19H,2-3,5-8H2,1H3,(H,21,22);1H. The fourth-order valence-corrected chi connectivity index (χ4v) is 3.75. The summed E-state index contributed by atoms with van der Waals surface area (Å²) in [7, 11) is 0. The molecule has 1 aliphatic heterocycles. The Morgan fingerprint density at radius 3 is 2.72 bits per heavy atom. The van der Waals surface area contributed by atoms with Crippen LogP contribution in [0, 0.1) is 12.8 Å². The highest BCUT2D eigenvalue weighted by atomic mass is 35.5. The molecular weight excluding hydrogens is 375 g/mol. The first-order chi connectivity index (χ1) is 11.4. The highest BCUT2D eigenvalue weighted by Crippen LogP contribution is 2.28. The summed E-state index contributed by atoms with van der Waals surface area (Å²) in [4.78, 5) is 7.58. The number of thiazole rings is 1. The molecule has 0 aliphatic carbocycles. The lowest BCUT2D eigenvalue weighted by Gasteiger charge is -2.24. The van der Waals surface area contributed by atoms with Crippen molar-refractivity contribution in [3.05, 3.63) is 33.5 Å². The zero-order valence-corrected chi connectivity index (χ0v) is 15.4. The Morgan fingerprint density at radius 2 is 2.16 bits per heavy atom. The first-order valence-corrected chi connectivity index (χ1v) is 8.73.